The van der Waals surface area contributed by atoms with Crippen LogP contribution in [0.25, 0.3) is 0 Å². The second-order valence-corrected chi connectivity index (χ2v) is 10.0. The molecule has 2 bridgehead atoms. The van der Waals surface area contributed by atoms with Gasteiger partial charge in [0.25, 0.3) is 5.91 Å². The third-order valence-corrected chi connectivity index (χ3v) is 7.82. The molecule has 6 rings (SSSR count). The average Bonchev–Trinajstić information content (AvgIpc) is 3.27. The van der Waals surface area contributed by atoms with E-state index < -0.39 is 5.82 Å². The molecule has 34 heavy (non-hydrogen) atoms. The molecule has 0 spiro atoms. The number of benzene rings is 2. The summed E-state index contributed by atoms with van der Waals surface area (Å²) in [6, 6.07) is 12.1. The molecule has 8 heteroatoms. The number of carbonyl (C=O) groups excluding carboxylic acids is 2. The first-order chi connectivity index (χ1) is 16.4. The number of nitrogens with zero attached hydrogens (tertiary/aromatic N) is 1. The highest BCUT2D eigenvalue weighted by Crippen LogP contribution is 2.52. The molecule has 3 fully saturated rings. The molecule has 3 saturated carbocycles. The molecule has 0 atom stereocenters. The smallest absolute Gasteiger partial charge is 0.258 e. The summed E-state index contributed by atoms with van der Waals surface area (Å²) < 4.78 is 19.0. The predicted octanol–water partition coefficient (Wildman–Crippen LogP) is 4.51. The van der Waals surface area contributed by atoms with E-state index in [1.54, 1.807) is 0 Å². The van der Waals surface area contributed by atoms with Gasteiger partial charge in [-0.2, -0.15) is 0 Å². The summed E-state index contributed by atoms with van der Waals surface area (Å²) >= 11 is 5.67. The van der Waals surface area contributed by atoms with Crippen molar-refractivity contribution in [2.75, 3.05) is 13.2 Å². The zero-order valence-electron chi connectivity index (χ0n) is 18.8. The van der Waals surface area contributed by atoms with Gasteiger partial charge in [-0.15, -0.1) is 0 Å². The number of amides is 2. The van der Waals surface area contributed by atoms with Crippen molar-refractivity contribution in [2.45, 2.75) is 50.5 Å². The quantitative estimate of drug-likeness (QED) is 0.608. The zero-order chi connectivity index (χ0) is 23.8. The Labute approximate surface area is 202 Å². The minimum absolute atomic E-state index is 0.00828. The first kappa shape index (κ1) is 22.8. The molecule has 2 amide bonds. The van der Waals surface area contributed by atoms with E-state index in [9.17, 15) is 14.0 Å². The highest BCUT2D eigenvalue weighted by atomic mass is 35.5. The molecule has 0 radical (unpaired) electrons. The van der Waals surface area contributed by atoms with Crippen LogP contribution in [0.1, 0.15) is 44.1 Å². The maximum atomic E-state index is 13.6. The first-order valence-electron chi connectivity index (χ1n) is 11.7. The van der Waals surface area contributed by atoms with Crippen LogP contribution in [-0.2, 0) is 16.0 Å². The van der Waals surface area contributed by atoms with E-state index in [2.05, 4.69) is 21.7 Å². The van der Waals surface area contributed by atoms with Gasteiger partial charge < -0.3 is 15.4 Å². The Morgan fingerprint density at radius 2 is 1.79 bits per heavy atom. The molecule has 2 N–H and O–H groups in total. The Balaban J connectivity index is 1.10. The van der Waals surface area contributed by atoms with Crippen LogP contribution >= 0.6 is 11.6 Å². The van der Waals surface area contributed by atoms with E-state index in [1.807, 2.05) is 18.2 Å². The van der Waals surface area contributed by atoms with Crippen molar-refractivity contribution in [3.05, 3.63) is 58.9 Å². The van der Waals surface area contributed by atoms with E-state index in [0.717, 1.165) is 62.4 Å². The number of hydrogen-bond donors (Lipinski definition) is 2. The summed E-state index contributed by atoms with van der Waals surface area (Å²) in [7, 11) is 0. The highest BCUT2D eigenvalue weighted by Gasteiger charge is 2.52. The number of nitrogens with one attached hydrogen (secondary N) is 2. The Bertz CT molecular complexity index is 1140. The Morgan fingerprint density at radius 1 is 1.06 bits per heavy atom. The number of halogens is 2. The van der Waals surface area contributed by atoms with Crippen molar-refractivity contribution in [3.63, 3.8) is 0 Å². The molecule has 0 unspecified atom stereocenters. The maximum absolute atomic E-state index is 13.6. The molecule has 1 aliphatic heterocycles. The van der Waals surface area contributed by atoms with Crippen LogP contribution in [0.15, 0.2) is 47.5 Å². The number of rotatable bonds is 7. The first-order valence-corrected chi connectivity index (χ1v) is 12.1. The minimum Gasteiger partial charge on any atom is -0.484 e. The molecule has 3 aliphatic carbocycles. The second kappa shape index (κ2) is 9.02. The number of para-hydroxylation sites is 1. The van der Waals surface area contributed by atoms with E-state index in [1.165, 1.54) is 17.7 Å². The minimum atomic E-state index is -0.586. The van der Waals surface area contributed by atoms with Gasteiger partial charge in [-0.3, -0.25) is 14.6 Å². The predicted molar refractivity (Wildman–Crippen MR) is 128 cm³/mol. The molecule has 0 saturated heterocycles. The summed E-state index contributed by atoms with van der Waals surface area (Å²) in [6.07, 6.45) is 5.29. The lowest BCUT2D eigenvalue weighted by atomic mass is 9.57. The van der Waals surface area contributed by atoms with Gasteiger partial charge in [-0.25, -0.2) is 4.39 Å². The maximum Gasteiger partial charge on any atom is 0.258 e. The van der Waals surface area contributed by atoms with Crippen LogP contribution in [0.3, 0.4) is 0 Å². The van der Waals surface area contributed by atoms with Crippen molar-refractivity contribution >= 4 is 34.8 Å². The van der Waals surface area contributed by atoms with Gasteiger partial charge in [0.2, 0.25) is 5.91 Å². The fraction of sp³-hybridized carbons (Fsp3) is 0.423. The summed E-state index contributed by atoms with van der Waals surface area (Å²) in [5.74, 6) is -0.476. The zero-order valence-corrected chi connectivity index (χ0v) is 19.6. The van der Waals surface area contributed by atoms with Gasteiger partial charge in [-0.05, 0) is 62.3 Å². The Hall–Kier alpha value is -2.93. The third-order valence-electron chi connectivity index (χ3n) is 7.51. The molecule has 178 valence electrons. The summed E-state index contributed by atoms with van der Waals surface area (Å²) in [5, 5.41) is 6.26. The number of fused-ring (bicyclic) bond motifs is 4. The molecule has 2 aromatic rings. The van der Waals surface area contributed by atoms with Gasteiger partial charge >= 0.3 is 0 Å². The van der Waals surface area contributed by atoms with Crippen molar-refractivity contribution < 1.29 is 18.7 Å². The molecule has 2 aromatic carbocycles. The van der Waals surface area contributed by atoms with E-state index in [0.29, 0.717) is 6.54 Å². The van der Waals surface area contributed by atoms with Crippen LogP contribution in [0.4, 0.5) is 10.1 Å². The number of hydrogen-bond acceptors (Lipinski definition) is 4. The van der Waals surface area contributed by atoms with Crippen molar-refractivity contribution in [1.82, 2.24) is 10.6 Å². The van der Waals surface area contributed by atoms with E-state index in [-0.39, 0.29) is 40.1 Å². The summed E-state index contributed by atoms with van der Waals surface area (Å²) in [5.41, 5.74) is 2.51. The average molecular weight is 484 g/mol. The topological polar surface area (TPSA) is 79.8 Å². The van der Waals surface area contributed by atoms with Gasteiger partial charge in [0.1, 0.15) is 11.6 Å². The van der Waals surface area contributed by atoms with Crippen molar-refractivity contribution in [3.8, 4) is 5.75 Å². The van der Waals surface area contributed by atoms with Crippen LogP contribution in [0.2, 0.25) is 5.02 Å². The third kappa shape index (κ3) is 4.53. The van der Waals surface area contributed by atoms with Crippen molar-refractivity contribution in [2.24, 2.45) is 10.4 Å². The summed E-state index contributed by atoms with van der Waals surface area (Å²) in [6.45, 7) is 0.277. The molecular formula is C26H27ClFN3O3. The normalized spacial score (nSPS) is 24.8. The Morgan fingerprint density at radius 3 is 2.50 bits per heavy atom. The number of aliphatic imine (C=N–C) groups is 1. The van der Waals surface area contributed by atoms with Gasteiger partial charge in [0.15, 0.2) is 6.61 Å². The van der Waals surface area contributed by atoms with Gasteiger partial charge in [0, 0.05) is 29.2 Å². The summed E-state index contributed by atoms with van der Waals surface area (Å²) in [4.78, 5) is 30.3. The van der Waals surface area contributed by atoms with Crippen molar-refractivity contribution in [1.29, 1.82) is 0 Å². The SMILES string of the molecule is O=C(COc1ccc(Cl)c(F)c1)NC12CCC(C(=O)NCC3=Nc4ccccc4C3)(CC1)CC2. The second-order valence-electron chi connectivity index (χ2n) is 9.64. The standard InChI is InChI=1S/C26H27ClFN3O3/c27-20-6-5-19(14-21(20)28)34-16-23(32)31-26-10-7-25(8-11-26,9-12-26)24(33)29-15-18-13-17-3-1-2-4-22(17)30-18/h1-6,14H,7-13,15-16H2,(H,29,33)(H,31,32). The number of carbonyl (C=O) groups is 2. The van der Waals surface area contributed by atoms with E-state index in [4.69, 9.17) is 16.3 Å². The largest absolute Gasteiger partial charge is 0.484 e. The fourth-order valence-electron chi connectivity index (χ4n) is 5.43. The van der Waals surface area contributed by atoms with Crippen LogP contribution in [0.5, 0.6) is 5.75 Å². The lowest BCUT2D eigenvalue weighted by molar-refractivity contribution is -0.139. The van der Waals surface area contributed by atoms with Gasteiger partial charge in [0.05, 0.1) is 17.3 Å². The lowest BCUT2D eigenvalue weighted by Gasteiger charge is -2.52. The molecule has 1 heterocycles. The lowest BCUT2D eigenvalue weighted by Crippen LogP contribution is -2.60. The molecule has 4 aliphatic rings. The molecule has 0 aromatic heterocycles. The van der Waals surface area contributed by atoms with Crippen LogP contribution in [-0.4, -0.2) is 36.2 Å². The Kier molecular flexibility index (Phi) is 6.06. The number of ether oxygens (including phenoxy) is 1. The molecular weight excluding hydrogens is 457 g/mol. The van der Waals surface area contributed by atoms with Gasteiger partial charge in [-0.1, -0.05) is 29.8 Å². The highest BCUT2D eigenvalue weighted by molar-refractivity contribution is 6.30. The molecule has 6 nitrogen and oxygen atoms in total. The van der Waals surface area contributed by atoms with Crippen LogP contribution in [0, 0.1) is 11.2 Å². The van der Waals surface area contributed by atoms with Crippen LogP contribution < -0.4 is 15.4 Å². The fourth-order valence-corrected chi connectivity index (χ4v) is 5.55. The monoisotopic (exact) mass is 483 g/mol. The van der Waals surface area contributed by atoms with E-state index >= 15 is 0 Å².